The zero-order chi connectivity index (χ0) is 11.0. The van der Waals surface area contributed by atoms with Gasteiger partial charge in [0.25, 0.3) is 0 Å². The molecule has 0 amide bonds. The summed E-state index contributed by atoms with van der Waals surface area (Å²) in [6.07, 6.45) is 3.66. The number of para-hydroxylation sites is 1. The van der Waals surface area contributed by atoms with E-state index in [1.807, 2.05) is 36.7 Å². The normalized spacial score (nSPS) is 17.9. The highest BCUT2D eigenvalue weighted by atomic mass is 32.2. The number of anilines is 2. The van der Waals surface area contributed by atoms with Crippen molar-refractivity contribution < 1.29 is 0 Å². The van der Waals surface area contributed by atoms with Crippen LogP contribution in [0, 0.1) is 0 Å². The smallest absolute Gasteiger partial charge is 0.105 e. The highest BCUT2D eigenvalue weighted by Gasteiger charge is 2.23. The molecule has 3 N–H and O–H groups in total. The van der Waals surface area contributed by atoms with Crippen LogP contribution in [0.25, 0.3) is 0 Å². The minimum absolute atomic E-state index is 0.195. The van der Waals surface area contributed by atoms with Gasteiger partial charge in [0.1, 0.15) is 5.37 Å². The molecule has 2 heterocycles. The molecule has 0 aliphatic carbocycles. The highest BCUT2D eigenvalue weighted by molar-refractivity contribution is 8.00. The maximum absolute atomic E-state index is 5.97. The number of nitrogens with zero attached hydrogens (tertiary/aromatic N) is 1. The summed E-state index contributed by atoms with van der Waals surface area (Å²) in [5, 5.41) is 3.61. The third kappa shape index (κ3) is 1.51. The second-order valence-corrected chi connectivity index (χ2v) is 4.79. The molecule has 0 saturated carbocycles. The molecule has 3 nitrogen and oxygen atoms in total. The summed E-state index contributed by atoms with van der Waals surface area (Å²) in [6.45, 7) is 0. The van der Waals surface area contributed by atoms with E-state index in [9.17, 15) is 0 Å². The number of fused-ring (bicyclic) bond motifs is 1. The Hall–Kier alpha value is -1.68. The monoisotopic (exact) mass is 229 g/mol. The second kappa shape index (κ2) is 3.72. The van der Waals surface area contributed by atoms with Crippen molar-refractivity contribution in [2.75, 3.05) is 11.1 Å². The molecule has 0 spiro atoms. The minimum Gasteiger partial charge on any atom is -0.398 e. The molecular weight excluding hydrogens is 218 g/mol. The van der Waals surface area contributed by atoms with Gasteiger partial charge in [-0.05, 0) is 12.1 Å². The molecule has 1 atom stereocenters. The van der Waals surface area contributed by atoms with Crippen LogP contribution in [0.4, 0.5) is 11.4 Å². The van der Waals surface area contributed by atoms with Crippen molar-refractivity contribution in [1.82, 2.24) is 4.98 Å². The van der Waals surface area contributed by atoms with Crippen molar-refractivity contribution in [2.24, 2.45) is 0 Å². The van der Waals surface area contributed by atoms with Crippen molar-refractivity contribution in [3.05, 3.63) is 48.3 Å². The summed E-state index contributed by atoms with van der Waals surface area (Å²) in [5.41, 5.74) is 9.01. The lowest BCUT2D eigenvalue weighted by Crippen LogP contribution is -2.04. The van der Waals surface area contributed by atoms with E-state index < -0.39 is 0 Å². The summed E-state index contributed by atoms with van der Waals surface area (Å²) in [6, 6.07) is 9.96. The highest BCUT2D eigenvalue weighted by Crippen LogP contribution is 2.46. The molecule has 3 rings (SSSR count). The van der Waals surface area contributed by atoms with Gasteiger partial charge in [0, 0.05) is 22.3 Å². The number of nitrogens with two attached hydrogens (primary N) is 1. The van der Waals surface area contributed by atoms with Crippen LogP contribution < -0.4 is 11.1 Å². The van der Waals surface area contributed by atoms with E-state index >= 15 is 0 Å². The van der Waals surface area contributed by atoms with Gasteiger partial charge in [-0.25, -0.2) is 0 Å². The molecule has 0 saturated heterocycles. The van der Waals surface area contributed by atoms with Gasteiger partial charge >= 0.3 is 0 Å². The van der Waals surface area contributed by atoms with E-state index in [-0.39, 0.29) is 5.37 Å². The number of nitrogens with one attached hydrogen (secondary N) is 1. The quantitative estimate of drug-likeness (QED) is 0.738. The first-order valence-corrected chi connectivity index (χ1v) is 5.94. The van der Waals surface area contributed by atoms with E-state index in [0.29, 0.717) is 0 Å². The zero-order valence-corrected chi connectivity index (χ0v) is 9.37. The molecule has 1 aliphatic heterocycles. The number of hydrogen-bond acceptors (Lipinski definition) is 4. The fourth-order valence-electron chi connectivity index (χ4n) is 1.78. The Morgan fingerprint density at radius 3 is 2.94 bits per heavy atom. The molecule has 1 unspecified atom stereocenters. The van der Waals surface area contributed by atoms with Crippen LogP contribution in [0.5, 0.6) is 0 Å². The van der Waals surface area contributed by atoms with Gasteiger partial charge in [-0.15, -0.1) is 0 Å². The van der Waals surface area contributed by atoms with Crippen molar-refractivity contribution in [3.63, 3.8) is 0 Å². The molecule has 1 aromatic heterocycles. The van der Waals surface area contributed by atoms with E-state index in [1.54, 1.807) is 11.8 Å². The number of aromatic nitrogens is 1. The number of thioether (sulfide) groups is 1. The number of hydrogen-bond donors (Lipinski definition) is 2. The molecule has 1 aliphatic rings. The van der Waals surface area contributed by atoms with E-state index in [2.05, 4.69) is 16.4 Å². The first-order chi connectivity index (χ1) is 7.84. The van der Waals surface area contributed by atoms with Gasteiger partial charge in [0.05, 0.1) is 11.9 Å². The first-order valence-electron chi connectivity index (χ1n) is 5.06. The topological polar surface area (TPSA) is 50.9 Å². The Morgan fingerprint density at radius 1 is 1.25 bits per heavy atom. The molecule has 0 fully saturated rings. The largest absolute Gasteiger partial charge is 0.398 e. The van der Waals surface area contributed by atoms with Crippen molar-refractivity contribution in [3.8, 4) is 0 Å². The van der Waals surface area contributed by atoms with Crippen LogP contribution >= 0.6 is 11.8 Å². The second-order valence-electron chi connectivity index (χ2n) is 3.64. The van der Waals surface area contributed by atoms with Gasteiger partial charge in [-0.3, -0.25) is 4.98 Å². The summed E-state index contributed by atoms with van der Waals surface area (Å²) in [4.78, 5) is 5.33. The standard InChI is InChI=1S/C12H11N3S/c13-9-4-2-1-3-8(9)12-15-10-7-14-6-5-11(10)16-12/h1-7,12,15H,13H2. The third-order valence-electron chi connectivity index (χ3n) is 2.59. The molecular formula is C12H11N3S. The molecule has 80 valence electrons. The summed E-state index contributed by atoms with van der Waals surface area (Å²) >= 11 is 1.77. The van der Waals surface area contributed by atoms with Gasteiger partial charge in [-0.2, -0.15) is 0 Å². The van der Waals surface area contributed by atoms with Crippen LogP contribution in [0.3, 0.4) is 0 Å². The number of pyridine rings is 1. The predicted molar refractivity (Wildman–Crippen MR) is 67.3 cm³/mol. The average molecular weight is 229 g/mol. The Balaban J connectivity index is 1.95. The molecule has 16 heavy (non-hydrogen) atoms. The Bertz CT molecular complexity index is 502. The molecule has 4 heteroatoms. The van der Waals surface area contributed by atoms with Gasteiger partial charge in [0.15, 0.2) is 0 Å². The predicted octanol–water partition coefficient (Wildman–Crippen LogP) is 2.88. The summed E-state index contributed by atoms with van der Waals surface area (Å²) in [7, 11) is 0. The van der Waals surface area contributed by atoms with Crippen LogP contribution in [0.15, 0.2) is 47.6 Å². The van der Waals surface area contributed by atoms with E-state index in [4.69, 9.17) is 5.73 Å². The van der Waals surface area contributed by atoms with Crippen molar-refractivity contribution in [1.29, 1.82) is 0 Å². The Morgan fingerprint density at radius 2 is 2.12 bits per heavy atom. The zero-order valence-electron chi connectivity index (χ0n) is 8.55. The lowest BCUT2D eigenvalue weighted by molar-refractivity contribution is 1.13. The Kier molecular flexibility index (Phi) is 2.22. The van der Waals surface area contributed by atoms with Gasteiger partial charge in [0.2, 0.25) is 0 Å². The average Bonchev–Trinajstić information content (AvgIpc) is 2.73. The number of nitrogen functional groups attached to an aromatic ring is 1. The first kappa shape index (κ1) is 9.54. The molecule has 0 bridgehead atoms. The van der Waals surface area contributed by atoms with Crippen molar-refractivity contribution >= 4 is 23.1 Å². The fraction of sp³-hybridized carbons (Fsp3) is 0.0833. The molecule has 1 aromatic carbocycles. The number of benzene rings is 1. The fourth-order valence-corrected chi connectivity index (χ4v) is 2.94. The van der Waals surface area contributed by atoms with Gasteiger partial charge < -0.3 is 11.1 Å². The summed E-state index contributed by atoms with van der Waals surface area (Å²) < 4.78 is 0. The third-order valence-corrected chi connectivity index (χ3v) is 3.81. The van der Waals surface area contributed by atoms with Gasteiger partial charge in [-0.1, -0.05) is 30.0 Å². The van der Waals surface area contributed by atoms with Crippen LogP contribution in [-0.2, 0) is 0 Å². The number of rotatable bonds is 1. The maximum Gasteiger partial charge on any atom is 0.105 e. The summed E-state index contributed by atoms with van der Waals surface area (Å²) in [5.74, 6) is 0. The SMILES string of the molecule is Nc1ccccc1C1Nc2cnccc2S1. The molecule has 0 radical (unpaired) electrons. The van der Waals surface area contributed by atoms with Crippen LogP contribution in [0.2, 0.25) is 0 Å². The minimum atomic E-state index is 0.195. The Labute approximate surface area is 98.1 Å². The molecule has 2 aromatic rings. The lowest BCUT2D eigenvalue weighted by atomic mass is 10.2. The lowest BCUT2D eigenvalue weighted by Gasteiger charge is -2.12. The van der Waals surface area contributed by atoms with Crippen LogP contribution in [-0.4, -0.2) is 4.98 Å². The van der Waals surface area contributed by atoms with E-state index in [1.165, 1.54) is 4.90 Å². The maximum atomic E-state index is 5.97. The van der Waals surface area contributed by atoms with Crippen molar-refractivity contribution in [2.45, 2.75) is 10.3 Å². The van der Waals surface area contributed by atoms with Crippen LogP contribution in [0.1, 0.15) is 10.9 Å². The van der Waals surface area contributed by atoms with E-state index in [0.717, 1.165) is 16.9 Å².